The first kappa shape index (κ1) is 12.3. The van der Waals surface area contributed by atoms with Gasteiger partial charge in [-0.2, -0.15) is 0 Å². The predicted octanol–water partition coefficient (Wildman–Crippen LogP) is -0.127. The van der Waals surface area contributed by atoms with Crippen molar-refractivity contribution in [3.05, 3.63) is 33.7 Å². The monoisotopic (exact) mass is 249 g/mol. The fourth-order valence-electron chi connectivity index (χ4n) is 1.69. The van der Waals surface area contributed by atoms with Crippen molar-refractivity contribution in [3.63, 3.8) is 0 Å². The van der Waals surface area contributed by atoms with Crippen LogP contribution in [0.4, 0.5) is 0 Å². The summed E-state index contributed by atoms with van der Waals surface area (Å²) in [5.41, 5.74) is -0.285. The number of aromatic amines is 1. The van der Waals surface area contributed by atoms with E-state index in [0.29, 0.717) is 5.92 Å². The molecule has 3 N–H and O–H groups in total. The maximum Gasteiger partial charge on any atom is 0.260 e. The van der Waals surface area contributed by atoms with Gasteiger partial charge in [0.1, 0.15) is 5.56 Å². The number of hydrogen-bond donors (Lipinski definition) is 3. The van der Waals surface area contributed by atoms with E-state index in [9.17, 15) is 14.4 Å². The third-order valence-corrected chi connectivity index (χ3v) is 3.06. The molecule has 0 aliphatic heterocycles. The highest BCUT2D eigenvalue weighted by Gasteiger charge is 2.34. The summed E-state index contributed by atoms with van der Waals surface area (Å²) in [6.07, 6.45) is 2.29. The van der Waals surface area contributed by atoms with Crippen molar-refractivity contribution in [1.29, 1.82) is 0 Å². The van der Waals surface area contributed by atoms with Crippen LogP contribution in [0.15, 0.2) is 17.1 Å². The van der Waals surface area contributed by atoms with E-state index < -0.39 is 11.5 Å². The number of carbonyl (C=O) groups is 2. The smallest absolute Gasteiger partial charge is 0.260 e. The summed E-state index contributed by atoms with van der Waals surface area (Å²) in [5.74, 6) is -0.286. The number of amides is 2. The van der Waals surface area contributed by atoms with Crippen molar-refractivity contribution >= 4 is 11.8 Å². The Bertz CT molecular complexity index is 550. The van der Waals surface area contributed by atoms with Gasteiger partial charge in [-0.05, 0) is 18.4 Å². The molecule has 1 heterocycles. The van der Waals surface area contributed by atoms with Gasteiger partial charge in [0.25, 0.3) is 17.4 Å². The molecule has 0 radical (unpaired) electrons. The third kappa shape index (κ3) is 2.42. The summed E-state index contributed by atoms with van der Waals surface area (Å²) in [7, 11) is 1.43. The van der Waals surface area contributed by atoms with Crippen LogP contribution in [0, 0.1) is 5.92 Å². The summed E-state index contributed by atoms with van der Waals surface area (Å²) < 4.78 is 0. The second-order valence-electron chi connectivity index (χ2n) is 4.50. The first-order valence-electron chi connectivity index (χ1n) is 5.78. The van der Waals surface area contributed by atoms with E-state index in [-0.39, 0.29) is 23.1 Å². The van der Waals surface area contributed by atoms with Crippen LogP contribution >= 0.6 is 0 Å². The van der Waals surface area contributed by atoms with E-state index in [1.165, 1.54) is 19.3 Å². The lowest BCUT2D eigenvalue weighted by Crippen LogP contribution is -2.30. The molecule has 1 aromatic heterocycles. The van der Waals surface area contributed by atoms with Gasteiger partial charge < -0.3 is 15.6 Å². The minimum absolute atomic E-state index is 0.0611. The van der Waals surface area contributed by atoms with Crippen LogP contribution in [0.5, 0.6) is 0 Å². The van der Waals surface area contributed by atoms with Crippen LogP contribution in [-0.2, 0) is 0 Å². The van der Waals surface area contributed by atoms with Gasteiger partial charge in [0.05, 0.1) is 5.56 Å². The SMILES string of the molecule is CNC(=O)c1cc(C(=O)N[C@H]2C[C@@H]2C)c[nH]c1=O. The molecule has 1 saturated carbocycles. The first-order chi connectivity index (χ1) is 8.52. The van der Waals surface area contributed by atoms with Gasteiger partial charge in [-0.3, -0.25) is 14.4 Å². The van der Waals surface area contributed by atoms with E-state index in [1.54, 1.807) is 0 Å². The van der Waals surface area contributed by atoms with E-state index in [4.69, 9.17) is 0 Å². The quantitative estimate of drug-likeness (QED) is 0.697. The zero-order valence-corrected chi connectivity index (χ0v) is 10.2. The Morgan fingerprint density at radius 2 is 2.06 bits per heavy atom. The molecule has 6 heteroatoms. The largest absolute Gasteiger partial charge is 0.355 e. The average Bonchev–Trinajstić information content (AvgIpc) is 3.04. The lowest BCUT2D eigenvalue weighted by Gasteiger charge is -2.05. The molecular formula is C12H15N3O3. The van der Waals surface area contributed by atoms with Crippen molar-refractivity contribution in [2.24, 2.45) is 5.92 Å². The maximum atomic E-state index is 11.9. The summed E-state index contributed by atoms with van der Waals surface area (Å²) >= 11 is 0. The summed E-state index contributed by atoms with van der Waals surface area (Å²) in [4.78, 5) is 37.1. The van der Waals surface area contributed by atoms with Gasteiger partial charge in [-0.25, -0.2) is 0 Å². The molecule has 2 atom stereocenters. The number of rotatable bonds is 3. The minimum Gasteiger partial charge on any atom is -0.355 e. The second-order valence-corrected chi connectivity index (χ2v) is 4.50. The van der Waals surface area contributed by atoms with Gasteiger partial charge in [0.15, 0.2) is 0 Å². The zero-order chi connectivity index (χ0) is 13.3. The molecule has 0 unspecified atom stereocenters. The highest BCUT2D eigenvalue weighted by Crippen LogP contribution is 2.29. The Hall–Kier alpha value is -2.11. The molecule has 0 spiro atoms. The number of aromatic nitrogens is 1. The fourth-order valence-corrected chi connectivity index (χ4v) is 1.69. The predicted molar refractivity (Wildman–Crippen MR) is 65.5 cm³/mol. The van der Waals surface area contributed by atoms with Crippen LogP contribution in [-0.4, -0.2) is 29.9 Å². The first-order valence-corrected chi connectivity index (χ1v) is 5.78. The fraction of sp³-hybridized carbons (Fsp3) is 0.417. The van der Waals surface area contributed by atoms with Crippen LogP contribution in [0.1, 0.15) is 34.1 Å². The zero-order valence-electron chi connectivity index (χ0n) is 10.2. The Morgan fingerprint density at radius 1 is 1.39 bits per heavy atom. The van der Waals surface area contributed by atoms with Crippen LogP contribution < -0.4 is 16.2 Å². The Labute approximate surface area is 104 Å². The molecular weight excluding hydrogens is 234 g/mol. The van der Waals surface area contributed by atoms with Crippen LogP contribution in [0.3, 0.4) is 0 Å². The number of hydrogen-bond acceptors (Lipinski definition) is 3. The van der Waals surface area contributed by atoms with Crippen LogP contribution in [0.2, 0.25) is 0 Å². The summed E-state index contributed by atoms with van der Waals surface area (Å²) in [5, 5.41) is 5.19. The standard InChI is InChI=1S/C12H15N3O3/c1-6-3-9(6)15-10(16)7-4-8(11(17)13-2)12(18)14-5-7/h4-6,9H,3H2,1-2H3,(H,13,17)(H,14,18)(H,15,16)/t6-,9-/m0/s1. The van der Waals surface area contributed by atoms with Crippen LogP contribution in [0.25, 0.3) is 0 Å². The van der Waals surface area contributed by atoms with Crippen molar-refractivity contribution in [2.75, 3.05) is 7.05 Å². The van der Waals surface area contributed by atoms with E-state index >= 15 is 0 Å². The number of nitrogens with one attached hydrogen (secondary N) is 3. The molecule has 0 saturated heterocycles. The molecule has 18 heavy (non-hydrogen) atoms. The Morgan fingerprint density at radius 3 is 2.61 bits per heavy atom. The van der Waals surface area contributed by atoms with Crippen molar-refractivity contribution in [3.8, 4) is 0 Å². The summed E-state index contributed by atoms with van der Waals surface area (Å²) in [6, 6.07) is 1.51. The van der Waals surface area contributed by atoms with Gasteiger partial charge in [0, 0.05) is 19.3 Å². The molecule has 2 amide bonds. The van der Waals surface area contributed by atoms with Crippen molar-refractivity contribution in [1.82, 2.24) is 15.6 Å². The molecule has 1 aliphatic carbocycles. The van der Waals surface area contributed by atoms with Gasteiger partial charge in [0.2, 0.25) is 0 Å². The molecule has 1 aliphatic rings. The Balaban J connectivity index is 2.21. The molecule has 6 nitrogen and oxygen atoms in total. The highest BCUT2D eigenvalue weighted by molar-refractivity contribution is 5.99. The molecule has 0 bridgehead atoms. The number of H-pyrrole nitrogens is 1. The molecule has 1 fully saturated rings. The lowest BCUT2D eigenvalue weighted by atomic mass is 10.2. The Kier molecular flexibility index (Phi) is 3.18. The third-order valence-electron chi connectivity index (χ3n) is 3.06. The van der Waals surface area contributed by atoms with Crippen molar-refractivity contribution < 1.29 is 9.59 Å². The lowest BCUT2D eigenvalue weighted by molar-refractivity contribution is 0.0949. The average molecular weight is 249 g/mol. The number of carbonyl (C=O) groups excluding carboxylic acids is 2. The minimum atomic E-state index is -0.509. The van der Waals surface area contributed by atoms with Crippen molar-refractivity contribution in [2.45, 2.75) is 19.4 Å². The van der Waals surface area contributed by atoms with Gasteiger partial charge in [-0.1, -0.05) is 6.92 Å². The normalized spacial score (nSPS) is 21.2. The van der Waals surface area contributed by atoms with E-state index in [0.717, 1.165) is 6.42 Å². The molecule has 0 aromatic carbocycles. The number of pyridine rings is 1. The topological polar surface area (TPSA) is 91.1 Å². The van der Waals surface area contributed by atoms with E-state index in [1.807, 2.05) is 6.92 Å². The van der Waals surface area contributed by atoms with Gasteiger partial charge in [-0.15, -0.1) is 0 Å². The molecule has 2 rings (SSSR count). The van der Waals surface area contributed by atoms with E-state index in [2.05, 4.69) is 15.6 Å². The van der Waals surface area contributed by atoms with Gasteiger partial charge >= 0.3 is 0 Å². The molecule has 96 valence electrons. The summed E-state index contributed by atoms with van der Waals surface area (Å²) in [6.45, 7) is 2.05. The second kappa shape index (κ2) is 4.64. The maximum absolute atomic E-state index is 11.9. The molecule has 1 aromatic rings. The highest BCUT2D eigenvalue weighted by atomic mass is 16.2.